The van der Waals surface area contributed by atoms with Crippen molar-refractivity contribution in [1.29, 1.82) is 0 Å². The summed E-state index contributed by atoms with van der Waals surface area (Å²) in [4.78, 5) is 25.1. The third-order valence-electron chi connectivity index (χ3n) is 3.69. The zero-order chi connectivity index (χ0) is 17.1. The van der Waals surface area contributed by atoms with Gasteiger partial charge >= 0.3 is 6.09 Å². The summed E-state index contributed by atoms with van der Waals surface area (Å²) in [5.74, 6) is -2.28. The van der Waals surface area contributed by atoms with Gasteiger partial charge in [0.1, 0.15) is 24.3 Å². The SMILES string of the molecule is O=C(/C=C/c1c(F)cccc1F)N1C(=O)OC[C@@H]1c1ccccc1. The molecule has 122 valence electrons. The fourth-order valence-electron chi connectivity index (χ4n) is 2.49. The standard InChI is InChI=1S/C18H13F2NO3/c19-14-7-4-8-15(20)13(14)9-10-17(22)21-16(11-24-18(21)23)12-5-2-1-3-6-12/h1-10,16H,11H2/b10-9+/t16-/m1/s1. The van der Waals surface area contributed by atoms with E-state index in [1.54, 1.807) is 24.3 Å². The van der Waals surface area contributed by atoms with Crippen molar-refractivity contribution in [2.45, 2.75) is 6.04 Å². The van der Waals surface area contributed by atoms with Crippen molar-refractivity contribution in [2.24, 2.45) is 0 Å². The van der Waals surface area contributed by atoms with E-state index in [1.165, 1.54) is 6.07 Å². The summed E-state index contributed by atoms with van der Waals surface area (Å²) in [6.45, 7) is 0.0382. The van der Waals surface area contributed by atoms with Crippen LogP contribution < -0.4 is 0 Å². The van der Waals surface area contributed by atoms with E-state index in [9.17, 15) is 18.4 Å². The molecule has 0 bridgehead atoms. The van der Waals surface area contributed by atoms with Gasteiger partial charge in [-0.2, -0.15) is 0 Å². The van der Waals surface area contributed by atoms with Crippen molar-refractivity contribution in [3.05, 3.63) is 77.4 Å². The molecule has 0 saturated carbocycles. The van der Waals surface area contributed by atoms with Crippen LogP contribution in [0.1, 0.15) is 17.2 Å². The molecule has 0 unspecified atom stereocenters. The Morgan fingerprint density at radius 2 is 1.75 bits per heavy atom. The fourth-order valence-corrected chi connectivity index (χ4v) is 2.49. The normalized spacial score (nSPS) is 17.3. The second-order valence-electron chi connectivity index (χ2n) is 5.18. The zero-order valence-electron chi connectivity index (χ0n) is 12.5. The van der Waals surface area contributed by atoms with E-state index >= 15 is 0 Å². The van der Waals surface area contributed by atoms with E-state index in [0.29, 0.717) is 0 Å². The Bertz CT molecular complexity index is 785. The highest BCUT2D eigenvalue weighted by molar-refractivity contribution is 6.02. The molecule has 2 amide bonds. The molecule has 1 saturated heterocycles. The molecule has 0 aliphatic carbocycles. The minimum Gasteiger partial charge on any atom is -0.446 e. The van der Waals surface area contributed by atoms with Gasteiger partial charge in [-0.15, -0.1) is 0 Å². The highest BCUT2D eigenvalue weighted by atomic mass is 19.1. The van der Waals surface area contributed by atoms with Gasteiger partial charge in [-0.05, 0) is 23.8 Å². The van der Waals surface area contributed by atoms with Crippen LogP contribution in [0, 0.1) is 11.6 Å². The first-order chi connectivity index (χ1) is 11.6. The van der Waals surface area contributed by atoms with E-state index in [0.717, 1.165) is 34.7 Å². The van der Waals surface area contributed by atoms with Gasteiger partial charge in [0.05, 0.1) is 0 Å². The summed E-state index contributed by atoms with van der Waals surface area (Å²) >= 11 is 0. The van der Waals surface area contributed by atoms with Crippen LogP contribution in [0.3, 0.4) is 0 Å². The number of nitrogens with zero attached hydrogens (tertiary/aromatic N) is 1. The highest BCUT2D eigenvalue weighted by Gasteiger charge is 2.37. The molecule has 6 heteroatoms. The Kier molecular flexibility index (Phi) is 4.37. The van der Waals surface area contributed by atoms with Crippen LogP contribution in [0.15, 0.2) is 54.6 Å². The second kappa shape index (κ2) is 6.62. The van der Waals surface area contributed by atoms with Crippen molar-refractivity contribution in [3.8, 4) is 0 Å². The number of amides is 2. The van der Waals surface area contributed by atoms with Gasteiger partial charge in [-0.25, -0.2) is 18.5 Å². The van der Waals surface area contributed by atoms with Crippen molar-refractivity contribution in [3.63, 3.8) is 0 Å². The molecule has 1 heterocycles. The van der Waals surface area contributed by atoms with Crippen LogP contribution in [0.25, 0.3) is 6.08 Å². The van der Waals surface area contributed by atoms with Gasteiger partial charge in [-0.3, -0.25) is 4.79 Å². The number of rotatable bonds is 3. The lowest BCUT2D eigenvalue weighted by Gasteiger charge is -2.18. The minimum atomic E-state index is -0.789. The van der Waals surface area contributed by atoms with E-state index in [1.807, 2.05) is 6.07 Å². The lowest BCUT2D eigenvalue weighted by molar-refractivity contribution is -0.124. The molecular formula is C18H13F2NO3. The molecule has 1 atom stereocenters. The molecule has 0 aromatic heterocycles. The summed E-state index contributed by atoms with van der Waals surface area (Å²) in [6, 6.07) is 11.8. The number of hydrogen-bond donors (Lipinski definition) is 0. The smallest absolute Gasteiger partial charge is 0.417 e. The molecular weight excluding hydrogens is 316 g/mol. The molecule has 24 heavy (non-hydrogen) atoms. The molecule has 3 rings (SSSR count). The first-order valence-corrected chi connectivity index (χ1v) is 7.25. The number of ether oxygens (including phenoxy) is 1. The molecule has 1 aliphatic rings. The highest BCUT2D eigenvalue weighted by Crippen LogP contribution is 2.28. The van der Waals surface area contributed by atoms with Crippen LogP contribution in [0.5, 0.6) is 0 Å². The van der Waals surface area contributed by atoms with Gasteiger partial charge < -0.3 is 4.74 Å². The van der Waals surface area contributed by atoms with E-state index < -0.39 is 29.7 Å². The average molecular weight is 329 g/mol. The van der Waals surface area contributed by atoms with Gasteiger partial charge in [0.2, 0.25) is 0 Å². The Labute approximate surface area is 137 Å². The number of benzene rings is 2. The lowest BCUT2D eigenvalue weighted by Crippen LogP contribution is -2.32. The van der Waals surface area contributed by atoms with E-state index in [2.05, 4.69) is 0 Å². The maximum atomic E-state index is 13.6. The second-order valence-corrected chi connectivity index (χ2v) is 5.18. The summed E-state index contributed by atoms with van der Waals surface area (Å²) in [5, 5.41) is 0. The van der Waals surface area contributed by atoms with Crippen LogP contribution in [0.2, 0.25) is 0 Å². The summed E-state index contributed by atoms with van der Waals surface area (Å²) in [7, 11) is 0. The fraction of sp³-hybridized carbons (Fsp3) is 0.111. The quantitative estimate of drug-likeness (QED) is 0.807. The van der Waals surface area contributed by atoms with Crippen LogP contribution in [-0.2, 0) is 9.53 Å². The summed E-state index contributed by atoms with van der Waals surface area (Å²) in [6.07, 6.45) is 1.19. The molecule has 0 spiro atoms. The third-order valence-corrected chi connectivity index (χ3v) is 3.69. The van der Waals surface area contributed by atoms with Crippen molar-refractivity contribution < 1.29 is 23.1 Å². The molecule has 1 fully saturated rings. The van der Waals surface area contributed by atoms with Gasteiger partial charge in [0.25, 0.3) is 5.91 Å². The third kappa shape index (κ3) is 3.03. The van der Waals surface area contributed by atoms with Gasteiger partial charge in [-0.1, -0.05) is 36.4 Å². The minimum absolute atomic E-state index is 0.0382. The zero-order valence-corrected chi connectivity index (χ0v) is 12.5. The molecule has 2 aromatic rings. The van der Waals surface area contributed by atoms with Gasteiger partial charge in [0.15, 0.2) is 0 Å². The monoisotopic (exact) mass is 329 g/mol. The average Bonchev–Trinajstić information content (AvgIpc) is 2.97. The molecule has 2 aromatic carbocycles. The molecule has 1 aliphatic heterocycles. The van der Waals surface area contributed by atoms with Crippen LogP contribution in [0.4, 0.5) is 13.6 Å². The number of carbonyl (C=O) groups is 2. The first kappa shape index (κ1) is 15.9. The van der Waals surface area contributed by atoms with Gasteiger partial charge in [0, 0.05) is 11.6 Å². The summed E-state index contributed by atoms with van der Waals surface area (Å²) < 4.78 is 32.1. The number of cyclic esters (lactones) is 1. The Morgan fingerprint density at radius 1 is 1.08 bits per heavy atom. The topological polar surface area (TPSA) is 46.6 Å². The predicted octanol–water partition coefficient (Wildman–Crippen LogP) is 3.70. The van der Waals surface area contributed by atoms with Crippen LogP contribution >= 0.6 is 0 Å². The first-order valence-electron chi connectivity index (χ1n) is 7.25. The molecule has 0 radical (unpaired) electrons. The number of carbonyl (C=O) groups excluding carboxylic acids is 2. The largest absolute Gasteiger partial charge is 0.446 e. The Morgan fingerprint density at radius 3 is 2.42 bits per heavy atom. The number of halogens is 2. The van der Waals surface area contributed by atoms with E-state index in [-0.39, 0.29) is 12.2 Å². The predicted molar refractivity (Wildman–Crippen MR) is 82.8 cm³/mol. The Balaban J connectivity index is 1.85. The number of imide groups is 1. The molecule has 0 N–H and O–H groups in total. The maximum Gasteiger partial charge on any atom is 0.417 e. The van der Waals surface area contributed by atoms with Crippen molar-refractivity contribution >= 4 is 18.1 Å². The van der Waals surface area contributed by atoms with E-state index in [4.69, 9.17) is 4.74 Å². The Hall–Kier alpha value is -3.02. The lowest BCUT2D eigenvalue weighted by atomic mass is 10.1. The maximum absolute atomic E-state index is 13.6. The van der Waals surface area contributed by atoms with Crippen molar-refractivity contribution in [1.82, 2.24) is 4.90 Å². The van der Waals surface area contributed by atoms with Crippen molar-refractivity contribution in [2.75, 3.05) is 6.61 Å². The summed E-state index contributed by atoms with van der Waals surface area (Å²) in [5.41, 5.74) is 0.400. The molecule has 4 nitrogen and oxygen atoms in total. The van der Waals surface area contributed by atoms with Crippen LogP contribution in [-0.4, -0.2) is 23.5 Å². The number of hydrogen-bond acceptors (Lipinski definition) is 3.